The average molecular weight is 196 g/mol. The third-order valence-electron chi connectivity index (χ3n) is 5.26. The summed E-state index contributed by atoms with van der Waals surface area (Å²) >= 11 is 0. The lowest BCUT2D eigenvalue weighted by Gasteiger charge is -2.58. The number of piperidine rings is 3. The molecule has 1 aliphatic carbocycles. The average Bonchev–Trinajstić information content (AvgIpc) is 2.18. The second-order valence-corrected chi connectivity index (χ2v) is 5.96. The number of rotatable bonds is 0. The van der Waals surface area contributed by atoms with E-state index >= 15 is 0 Å². The maximum atomic E-state index is 9.75. The van der Waals surface area contributed by atoms with E-state index in [1.807, 2.05) is 0 Å². The Morgan fingerprint density at radius 1 is 1.07 bits per heavy atom. The summed E-state index contributed by atoms with van der Waals surface area (Å²) in [7, 11) is 2.45. The van der Waals surface area contributed by atoms with Gasteiger partial charge in [0.05, 0.1) is 32.3 Å². The molecule has 2 nitrogen and oxygen atoms in total. The molecule has 3 atom stereocenters. The van der Waals surface area contributed by atoms with E-state index in [4.69, 9.17) is 0 Å². The van der Waals surface area contributed by atoms with Crippen molar-refractivity contribution in [2.24, 2.45) is 11.8 Å². The molecule has 2 bridgehead atoms. The molecule has 80 valence electrons. The number of aliphatic hydroxyl groups excluding tert-OH is 1. The Balaban J connectivity index is 1.87. The molecule has 0 radical (unpaired) electrons. The van der Waals surface area contributed by atoms with Crippen LogP contribution in [0.2, 0.25) is 0 Å². The lowest BCUT2D eigenvalue weighted by molar-refractivity contribution is -0.955. The van der Waals surface area contributed by atoms with Gasteiger partial charge in [0.1, 0.15) is 0 Å². The van der Waals surface area contributed by atoms with E-state index in [2.05, 4.69) is 7.05 Å². The van der Waals surface area contributed by atoms with Crippen molar-refractivity contribution in [3.05, 3.63) is 0 Å². The van der Waals surface area contributed by atoms with Gasteiger partial charge in [0.2, 0.25) is 0 Å². The Bertz CT molecular complexity index is 232. The van der Waals surface area contributed by atoms with Crippen molar-refractivity contribution in [3.8, 4) is 0 Å². The number of aliphatic hydroxyl groups is 1. The molecule has 0 aromatic rings. The first-order chi connectivity index (χ1) is 6.69. The SMILES string of the molecule is C[N+]12CCC(CC1)[C@@H]1C[C@H](O)CC[C@H]12. The van der Waals surface area contributed by atoms with Gasteiger partial charge in [-0.3, -0.25) is 0 Å². The van der Waals surface area contributed by atoms with E-state index in [-0.39, 0.29) is 6.10 Å². The van der Waals surface area contributed by atoms with Crippen molar-refractivity contribution in [2.75, 3.05) is 20.1 Å². The number of fused-ring (bicyclic) bond motifs is 2. The molecule has 2 heteroatoms. The Kier molecular flexibility index (Phi) is 1.94. The van der Waals surface area contributed by atoms with Crippen molar-refractivity contribution < 1.29 is 9.59 Å². The molecule has 14 heavy (non-hydrogen) atoms. The molecule has 3 saturated heterocycles. The minimum Gasteiger partial charge on any atom is -0.393 e. The fraction of sp³-hybridized carbons (Fsp3) is 1.00. The third-order valence-corrected chi connectivity index (χ3v) is 5.26. The van der Waals surface area contributed by atoms with Crippen molar-refractivity contribution in [1.82, 2.24) is 0 Å². The van der Waals surface area contributed by atoms with Crippen LogP contribution in [0.4, 0.5) is 0 Å². The van der Waals surface area contributed by atoms with Gasteiger partial charge in [-0.05, 0) is 18.8 Å². The topological polar surface area (TPSA) is 20.2 Å². The molecule has 0 spiro atoms. The minimum atomic E-state index is 0.0170. The predicted molar refractivity (Wildman–Crippen MR) is 55.8 cm³/mol. The maximum Gasteiger partial charge on any atom is 0.0921 e. The van der Waals surface area contributed by atoms with Gasteiger partial charge in [0, 0.05) is 25.2 Å². The predicted octanol–water partition coefficient (Wildman–Crippen LogP) is 1.39. The molecule has 3 aliphatic heterocycles. The summed E-state index contributed by atoms with van der Waals surface area (Å²) in [6, 6.07) is 0.894. The fourth-order valence-electron chi connectivity index (χ4n) is 4.38. The quantitative estimate of drug-likeness (QED) is 0.580. The van der Waals surface area contributed by atoms with Gasteiger partial charge in [-0.15, -0.1) is 0 Å². The molecule has 0 unspecified atom stereocenters. The van der Waals surface area contributed by atoms with Crippen LogP contribution in [0.5, 0.6) is 0 Å². The molecule has 4 aliphatic rings. The van der Waals surface area contributed by atoms with E-state index in [1.54, 1.807) is 0 Å². The standard InChI is InChI=1S/C12H22NO/c1-13-6-4-9(5-7-13)11-8-10(14)2-3-12(11)13/h9-12,14H,2-8H2,1H3/q+1/t9?,10-,11+,12-,13?/m1/s1. The number of quaternary nitrogens is 1. The van der Waals surface area contributed by atoms with Gasteiger partial charge in [-0.2, -0.15) is 0 Å². The molecule has 1 saturated carbocycles. The van der Waals surface area contributed by atoms with Crippen LogP contribution in [0.25, 0.3) is 0 Å². The van der Waals surface area contributed by atoms with Gasteiger partial charge in [0.15, 0.2) is 0 Å². The summed E-state index contributed by atoms with van der Waals surface area (Å²) < 4.78 is 1.33. The summed E-state index contributed by atoms with van der Waals surface area (Å²) in [5, 5.41) is 9.75. The lowest BCUT2D eigenvalue weighted by atomic mass is 9.66. The van der Waals surface area contributed by atoms with Gasteiger partial charge >= 0.3 is 0 Å². The van der Waals surface area contributed by atoms with Crippen LogP contribution in [0.15, 0.2) is 0 Å². The first-order valence-corrected chi connectivity index (χ1v) is 6.21. The monoisotopic (exact) mass is 196 g/mol. The highest BCUT2D eigenvalue weighted by molar-refractivity contribution is 4.91. The van der Waals surface area contributed by atoms with Gasteiger partial charge in [-0.1, -0.05) is 0 Å². The third kappa shape index (κ3) is 1.17. The van der Waals surface area contributed by atoms with Crippen LogP contribution < -0.4 is 0 Å². The molecular formula is C12H22NO+. The lowest BCUT2D eigenvalue weighted by Crippen LogP contribution is -2.67. The van der Waals surface area contributed by atoms with E-state index in [1.165, 1.54) is 36.8 Å². The van der Waals surface area contributed by atoms with Crippen LogP contribution >= 0.6 is 0 Å². The zero-order chi connectivity index (χ0) is 9.76. The number of hydrogen-bond acceptors (Lipinski definition) is 1. The molecular weight excluding hydrogens is 174 g/mol. The van der Waals surface area contributed by atoms with Gasteiger partial charge in [0.25, 0.3) is 0 Å². The summed E-state index contributed by atoms with van der Waals surface area (Å²) in [4.78, 5) is 0. The van der Waals surface area contributed by atoms with Crippen molar-refractivity contribution >= 4 is 0 Å². The fourth-order valence-corrected chi connectivity index (χ4v) is 4.38. The van der Waals surface area contributed by atoms with E-state index in [0.29, 0.717) is 0 Å². The summed E-state index contributed by atoms with van der Waals surface area (Å²) in [5.41, 5.74) is 0. The summed E-state index contributed by atoms with van der Waals surface area (Å²) in [6.45, 7) is 2.81. The molecule has 0 aromatic heterocycles. The van der Waals surface area contributed by atoms with Crippen LogP contribution in [-0.4, -0.2) is 41.9 Å². The van der Waals surface area contributed by atoms with Crippen LogP contribution in [0.3, 0.4) is 0 Å². The van der Waals surface area contributed by atoms with E-state index in [0.717, 1.165) is 30.7 Å². The van der Waals surface area contributed by atoms with Crippen LogP contribution in [0.1, 0.15) is 32.1 Å². The summed E-state index contributed by atoms with van der Waals surface area (Å²) in [5.74, 6) is 1.81. The second-order valence-electron chi connectivity index (χ2n) is 5.96. The van der Waals surface area contributed by atoms with E-state index < -0.39 is 0 Å². The van der Waals surface area contributed by atoms with E-state index in [9.17, 15) is 5.11 Å². The maximum absolute atomic E-state index is 9.75. The number of hydrogen-bond donors (Lipinski definition) is 1. The first kappa shape index (κ1) is 9.17. The highest BCUT2D eigenvalue weighted by Crippen LogP contribution is 2.47. The number of nitrogens with zero attached hydrogens (tertiary/aromatic N) is 1. The Morgan fingerprint density at radius 2 is 1.79 bits per heavy atom. The Labute approximate surface area is 86.5 Å². The summed E-state index contributed by atoms with van der Waals surface area (Å²) in [6.07, 6.45) is 6.29. The van der Waals surface area contributed by atoms with Crippen LogP contribution in [-0.2, 0) is 0 Å². The first-order valence-electron chi connectivity index (χ1n) is 6.21. The zero-order valence-electron chi connectivity index (χ0n) is 9.15. The van der Waals surface area contributed by atoms with Crippen molar-refractivity contribution in [2.45, 2.75) is 44.2 Å². The molecule has 4 rings (SSSR count). The van der Waals surface area contributed by atoms with Gasteiger partial charge < -0.3 is 9.59 Å². The zero-order valence-corrected chi connectivity index (χ0v) is 9.15. The minimum absolute atomic E-state index is 0.0170. The largest absolute Gasteiger partial charge is 0.393 e. The molecule has 0 amide bonds. The molecule has 0 aromatic carbocycles. The van der Waals surface area contributed by atoms with Crippen molar-refractivity contribution in [3.63, 3.8) is 0 Å². The molecule has 3 heterocycles. The van der Waals surface area contributed by atoms with Crippen LogP contribution in [0, 0.1) is 11.8 Å². The second kappa shape index (κ2) is 2.96. The highest BCUT2D eigenvalue weighted by Gasteiger charge is 2.52. The highest BCUT2D eigenvalue weighted by atomic mass is 16.3. The Hall–Kier alpha value is -0.0800. The smallest absolute Gasteiger partial charge is 0.0921 e. The van der Waals surface area contributed by atoms with Crippen molar-refractivity contribution in [1.29, 1.82) is 0 Å². The molecule has 1 N–H and O–H groups in total. The Morgan fingerprint density at radius 3 is 2.50 bits per heavy atom. The molecule has 4 fully saturated rings. The normalized spacial score (nSPS) is 57.0. The van der Waals surface area contributed by atoms with Gasteiger partial charge in [-0.25, -0.2) is 0 Å².